The van der Waals surface area contributed by atoms with Crippen molar-refractivity contribution in [3.8, 4) is 11.6 Å². The first-order valence-electron chi connectivity index (χ1n) is 5.85. The summed E-state index contributed by atoms with van der Waals surface area (Å²) in [7, 11) is 0. The number of aryl methyl sites for hydroxylation is 1. The maximum absolute atomic E-state index is 9.14. The molecular formula is C14H13Cl2NO2. The fourth-order valence-corrected chi connectivity index (χ4v) is 2.06. The predicted molar refractivity (Wildman–Crippen MR) is 76.1 cm³/mol. The van der Waals surface area contributed by atoms with E-state index in [0.717, 1.165) is 17.0 Å². The minimum absolute atomic E-state index is 0.154. The Morgan fingerprint density at radius 1 is 1.16 bits per heavy atom. The van der Waals surface area contributed by atoms with Crippen molar-refractivity contribution in [3.05, 3.63) is 51.6 Å². The number of hydrogen-bond donors (Lipinski definition) is 1. The smallest absolute Gasteiger partial charge is 0.219 e. The lowest BCUT2D eigenvalue weighted by Gasteiger charge is -2.09. The van der Waals surface area contributed by atoms with Crippen LogP contribution in [0.25, 0.3) is 0 Å². The molecule has 0 saturated carbocycles. The van der Waals surface area contributed by atoms with Crippen LogP contribution in [0.15, 0.2) is 30.5 Å². The monoisotopic (exact) mass is 297 g/mol. The van der Waals surface area contributed by atoms with Crippen molar-refractivity contribution >= 4 is 23.2 Å². The molecule has 0 spiro atoms. The van der Waals surface area contributed by atoms with Crippen molar-refractivity contribution < 1.29 is 9.84 Å². The minimum Gasteiger partial charge on any atom is -0.439 e. The van der Waals surface area contributed by atoms with E-state index in [1.165, 1.54) is 6.20 Å². The fraction of sp³-hybridized carbons (Fsp3) is 0.214. The Morgan fingerprint density at radius 3 is 2.63 bits per heavy atom. The van der Waals surface area contributed by atoms with Crippen molar-refractivity contribution in [2.45, 2.75) is 20.0 Å². The van der Waals surface area contributed by atoms with Crippen LogP contribution < -0.4 is 4.74 Å². The van der Waals surface area contributed by atoms with Gasteiger partial charge in [0.2, 0.25) is 5.88 Å². The molecule has 5 heteroatoms. The number of pyridine rings is 1. The number of aliphatic hydroxyl groups is 1. The largest absolute Gasteiger partial charge is 0.439 e. The Balaban J connectivity index is 2.25. The Bertz CT molecular complexity index is 536. The van der Waals surface area contributed by atoms with Gasteiger partial charge in [0.05, 0.1) is 11.6 Å². The molecule has 0 aliphatic rings. The zero-order valence-corrected chi connectivity index (χ0v) is 11.9. The zero-order chi connectivity index (χ0) is 13.8. The summed E-state index contributed by atoms with van der Waals surface area (Å²) in [5, 5.41) is 10.3. The van der Waals surface area contributed by atoms with Crippen LogP contribution in [0.4, 0.5) is 0 Å². The maximum Gasteiger partial charge on any atom is 0.219 e. The molecule has 1 N–H and O–H groups in total. The van der Waals surface area contributed by atoms with Gasteiger partial charge in [0.25, 0.3) is 0 Å². The van der Waals surface area contributed by atoms with Crippen LogP contribution in [0.3, 0.4) is 0 Å². The third kappa shape index (κ3) is 3.38. The van der Waals surface area contributed by atoms with Crippen molar-refractivity contribution in [1.29, 1.82) is 0 Å². The van der Waals surface area contributed by atoms with E-state index in [2.05, 4.69) is 4.98 Å². The number of aliphatic hydroxyl groups excluding tert-OH is 1. The van der Waals surface area contributed by atoms with Gasteiger partial charge >= 0.3 is 0 Å². The normalized spacial score (nSPS) is 10.5. The van der Waals surface area contributed by atoms with Gasteiger partial charge < -0.3 is 9.84 Å². The van der Waals surface area contributed by atoms with Crippen molar-refractivity contribution in [1.82, 2.24) is 4.98 Å². The third-order valence-corrected chi connectivity index (χ3v) is 3.41. The number of aromatic nitrogens is 1. The van der Waals surface area contributed by atoms with E-state index in [1.807, 2.05) is 13.0 Å². The number of benzene rings is 1. The molecule has 1 heterocycles. The van der Waals surface area contributed by atoms with E-state index in [4.69, 9.17) is 33.0 Å². The molecule has 19 heavy (non-hydrogen) atoms. The molecule has 1 aromatic carbocycles. The molecule has 2 aromatic rings. The zero-order valence-electron chi connectivity index (χ0n) is 10.4. The average molecular weight is 298 g/mol. The van der Waals surface area contributed by atoms with Crippen LogP contribution in [0.5, 0.6) is 11.6 Å². The Morgan fingerprint density at radius 2 is 1.95 bits per heavy atom. The van der Waals surface area contributed by atoms with Gasteiger partial charge in [0.1, 0.15) is 5.75 Å². The second-order valence-corrected chi connectivity index (χ2v) is 4.80. The number of rotatable bonds is 4. The molecule has 0 amide bonds. The van der Waals surface area contributed by atoms with Gasteiger partial charge in [-0.2, -0.15) is 0 Å². The van der Waals surface area contributed by atoms with E-state index in [9.17, 15) is 0 Å². The predicted octanol–water partition coefficient (Wildman–Crippen LogP) is 4.24. The van der Waals surface area contributed by atoms with E-state index in [-0.39, 0.29) is 6.61 Å². The Kier molecular flexibility index (Phi) is 4.64. The summed E-state index contributed by atoms with van der Waals surface area (Å²) in [5.74, 6) is 1.04. The van der Waals surface area contributed by atoms with Crippen molar-refractivity contribution in [2.75, 3.05) is 0 Å². The lowest BCUT2D eigenvalue weighted by Crippen LogP contribution is -1.93. The lowest BCUT2D eigenvalue weighted by atomic mass is 10.1. The van der Waals surface area contributed by atoms with Crippen molar-refractivity contribution in [2.24, 2.45) is 0 Å². The van der Waals surface area contributed by atoms with E-state index in [1.54, 1.807) is 18.2 Å². The van der Waals surface area contributed by atoms with Gasteiger partial charge in [-0.15, -0.1) is 0 Å². The molecule has 0 unspecified atom stereocenters. The van der Waals surface area contributed by atoms with Crippen LogP contribution in [-0.2, 0) is 13.0 Å². The number of nitrogens with zero attached hydrogens (tertiary/aromatic N) is 1. The quantitative estimate of drug-likeness (QED) is 0.918. The van der Waals surface area contributed by atoms with E-state index in [0.29, 0.717) is 22.2 Å². The summed E-state index contributed by atoms with van der Waals surface area (Å²) in [5.41, 5.74) is 1.59. The molecule has 0 atom stereocenters. The van der Waals surface area contributed by atoms with E-state index >= 15 is 0 Å². The number of halogens is 2. The van der Waals surface area contributed by atoms with Gasteiger partial charge in [-0.1, -0.05) is 30.1 Å². The molecule has 1 aromatic heterocycles. The third-order valence-electron chi connectivity index (χ3n) is 2.70. The second-order valence-electron chi connectivity index (χ2n) is 3.98. The number of ether oxygens (including phenoxy) is 1. The summed E-state index contributed by atoms with van der Waals surface area (Å²) >= 11 is 11.9. The standard InChI is InChI=1S/C14H13Cl2NO2/c1-2-9-5-11(3-4-12(9)15)19-14-6-10(8-18)13(16)7-17-14/h3-7,18H,2,8H2,1H3. The first kappa shape index (κ1) is 14.1. The summed E-state index contributed by atoms with van der Waals surface area (Å²) < 4.78 is 5.63. The molecule has 0 aliphatic carbocycles. The molecule has 0 fully saturated rings. The Hall–Kier alpha value is -1.29. The summed E-state index contributed by atoms with van der Waals surface area (Å²) in [6.07, 6.45) is 2.28. The molecule has 0 aliphatic heterocycles. The molecule has 0 saturated heterocycles. The van der Waals surface area contributed by atoms with Crippen LogP contribution in [0, 0.1) is 0 Å². The Labute approximate surface area is 121 Å². The molecule has 0 radical (unpaired) electrons. The highest BCUT2D eigenvalue weighted by Gasteiger charge is 2.06. The SMILES string of the molecule is CCc1cc(Oc2cc(CO)c(Cl)cn2)ccc1Cl. The van der Waals surface area contributed by atoms with Gasteiger partial charge in [0, 0.05) is 22.8 Å². The van der Waals surface area contributed by atoms with E-state index < -0.39 is 0 Å². The van der Waals surface area contributed by atoms with Gasteiger partial charge in [-0.05, 0) is 30.2 Å². The van der Waals surface area contributed by atoms with Crippen LogP contribution in [0.2, 0.25) is 10.0 Å². The molecule has 3 nitrogen and oxygen atoms in total. The maximum atomic E-state index is 9.14. The summed E-state index contributed by atoms with van der Waals surface area (Å²) in [4.78, 5) is 4.06. The van der Waals surface area contributed by atoms with Crippen LogP contribution in [0.1, 0.15) is 18.1 Å². The highest BCUT2D eigenvalue weighted by Crippen LogP contribution is 2.27. The van der Waals surface area contributed by atoms with Gasteiger partial charge in [0.15, 0.2) is 0 Å². The van der Waals surface area contributed by atoms with Crippen LogP contribution in [-0.4, -0.2) is 10.1 Å². The van der Waals surface area contributed by atoms with Gasteiger partial charge in [-0.3, -0.25) is 0 Å². The summed E-state index contributed by atoms with van der Waals surface area (Å²) in [6, 6.07) is 7.05. The number of hydrogen-bond acceptors (Lipinski definition) is 3. The summed E-state index contributed by atoms with van der Waals surface area (Å²) in [6.45, 7) is 1.87. The lowest BCUT2D eigenvalue weighted by molar-refractivity contribution is 0.281. The molecular weight excluding hydrogens is 285 g/mol. The minimum atomic E-state index is -0.154. The van der Waals surface area contributed by atoms with Crippen molar-refractivity contribution in [3.63, 3.8) is 0 Å². The second kappa shape index (κ2) is 6.24. The average Bonchev–Trinajstić information content (AvgIpc) is 2.43. The molecule has 100 valence electrons. The fourth-order valence-electron chi connectivity index (χ4n) is 1.64. The van der Waals surface area contributed by atoms with Crippen LogP contribution >= 0.6 is 23.2 Å². The molecule has 2 rings (SSSR count). The first-order chi connectivity index (χ1) is 9.13. The van der Waals surface area contributed by atoms with Gasteiger partial charge in [-0.25, -0.2) is 4.98 Å². The molecule has 0 bridgehead atoms. The topological polar surface area (TPSA) is 42.4 Å². The highest BCUT2D eigenvalue weighted by atomic mass is 35.5. The first-order valence-corrected chi connectivity index (χ1v) is 6.61. The highest BCUT2D eigenvalue weighted by molar-refractivity contribution is 6.31.